The second-order valence-electron chi connectivity index (χ2n) is 4.51. The third-order valence-electron chi connectivity index (χ3n) is 3.29. The first-order valence-electron chi connectivity index (χ1n) is 6.06. The van der Waals surface area contributed by atoms with Gasteiger partial charge >= 0.3 is 0 Å². The first-order valence-corrected chi connectivity index (χ1v) is 6.44. The maximum Gasteiger partial charge on any atom is 0.0972 e. The van der Waals surface area contributed by atoms with E-state index in [0.717, 1.165) is 27.5 Å². The Labute approximate surface area is 114 Å². The Morgan fingerprint density at radius 2 is 1.58 bits per heavy atom. The smallest absolute Gasteiger partial charge is 0.0972 e. The zero-order valence-corrected chi connectivity index (χ0v) is 10.7. The molecule has 0 saturated heterocycles. The highest BCUT2D eigenvalue weighted by molar-refractivity contribution is 6.31. The lowest BCUT2D eigenvalue weighted by Crippen LogP contribution is -1.88. The summed E-state index contributed by atoms with van der Waals surface area (Å²) in [5, 5.41) is 2.97. The van der Waals surface area contributed by atoms with Crippen molar-refractivity contribution in [3.63, 3.8) is 0 Å². The Hall–Kier alpha value is -2.19. The van der Waals surface area contributed by atoms with Gasteiger partial charge in [-0.3, -0.25) is 0 Å². The minimum Gasteiger partial charge on any atom is -0.244 e. The Kier molecular flexibility index (Phi) is 2.20. The van der Waals surface area contributed by atoms with E-state index in [2.05, 4.69) is 23.2 Å². The van der Waals surface area contributed by atoms with Gasteiger partial charge in [-0.15, -0.1) is 0 Å². The number of rotatable bonds is 0. The van der Waals surface area contributed by atoms with Crippen LogP contribution in [0.4, 0.5) is 0 Å². The number of hydrogen-bond acceptors (Lipinski definition) is 2. The lowest BCUT2D eigenvalue weighted by atomic mass is 10.1. The van der Waals surface area contributed by atoms with Crippen LogP contribution in [0, 0.1) is 0 Å². The van der Waals surface area contributed by atoms with Gasteiger partial charge in [0.2, 0.25) is 0 Å². The van der Waals surface area contributed by atoms with Gasteiger partial charge in [0.15, 0.2) is 0 Å². The molecule has 0 aliphatic carbocycles. The lowest BCUT2D eigenvalue weighted by molar-refractivity contribution is 1.41. The molecule has 4 rings (SSSR count). The lowest BCUT2D eigenvalue weighted by Gasteiger charge is -2.04. The van der Waals surface area contributed by atoms with Gasteiger partial charge < -0.3 is 0 Å². The molecule has 1 aromatic heterocycles. The van der Waals surface area contributed by atoms with Crippen LogP contribution in [0.1, 0.15) is 0 Å². The van der Waals surface area contributed by atoms with Crippen molar-refractivity contribution in [2.24, 2.45) is 0 Å². The average molecular weight is 265 g/mol. The number of fused-ring (bicyclic) bond motifs is 4. The van der Waals surface area contributed by atoms with Gasteiger partial charge in [0.1, 0.15) is 0 Å². The van der Waals surface area contributed by atoms with Gasteiger partial charge in [0.25, 0.3) is 0 Å². The number of benzene rings is 3. The van der Waals surface area contributed by atoms with E-state index in [4.69, 9.17) is 16.6 Å². The van der Waals surface area contributed by atoms with Crippen molar-refractivity contribution >= 4 is 44.4 Å². The van der Waals surface area contributed by atoms with Gasteiger partial charge in [0, 0.05) is 10.4 Å². The molecular weight excluding hydrogens is 256 g/mol. The maximum atomic E-state index is 6.02. The van der Waals surface area contributed by atoms with E-state index in [1.807, 2.05) is 36.4 Å². The van der Waals surface area contributed by atoms with Crippen LogP contribution in [0.25, 0.3) is 32.8 Å². The molecule has 19 heavy (non-hydrogen) atoms. The molecule has 0 aliphatic heterocycles. The topological polar surface area (TPSA) is 25.8 Å². The van der Waals surface area contributed by atoms with Crippen molar-refractivity contribution in [3.05, 3.63) is 59.6 Å². The molecule has 0 bridgehead atoms. The molecule has 90 valence electrons. The second kappa shape index (κ2) is 3.90. The standard InChI is InChI=1S/C16H9ClN2/c17-11-6-8-13-15(9-11)19-16-12-4-2-1-3-10(12)5-7-14(16)18-13/h1-9H. The summed E-state index contributed by atoms with van der Waals surface area (Å²) in [4.78, 5) is 9.37. The van der Waals surface area contributed by atoms with Crippen molar-refractivity contribution in [3.8, 4) is 0 Å². The highest BCUT2D eigenvalue weighted by atomic mass is 35.5. The minimum atomic E-state index is 0.682. The molecule has 0 fully saturated rings. The molecule has 3 aromatic carbocycles. The number of nitrogens with zero attached hydrogens (tertiary/aromatic N) is 2. The van der Waals surface area contributed by atoms with E-state index in [1.54, 1.807) is 0 Å². The van der Waals surface area contributed by atoms with E-state index in [9.17, 15) is 0 Å². The highest BCUT2D eigenvalue weighted by Crippen LogP contribution is 2.25. The van der Waals surface area contributed by atoms with Crippen LogP contribution in [0.3, 0.4) is 0 Å². The molecule has 3 heteroatoms. The molecule has 0 aliphatic rings. The molecule has 0 unspecified atom stereocenters. The molecular formula is C16H9ClN2. The Morgan fingerprint density at radius 1 is 0.737 bits per heavy atom. The normalized spacial score (nSPS) is 11.4. The monoisotopic (exact) mass is 264 g/mol. The molecule has 0 atom stereocenters. The van der Waals surface area contributed by atoms with Gasteiger partial charge in [0.05, 0.1) is 22.1 Å². The van der Waals surface area contributed by atoms with Crippen molar-refractivity contribution in [2.75, 3.05) is 0 Å². The van der Waals surface area contributed by atoms with Gasteiger partial charge in [-0.2, -0.15) is 0 Å². The molecule has 0 N–H and O–H groups in total. The summed E-state index contributed by atoms with van der Waals surface area (Å²) in [6.45, 7) is 0. The predicted molar refractivity (Wildman–Crippen MR) is 79.6 cm³/mol. The average Bonchev–Trinajstić information content (AvgIpc) is 2.45. The number of halogens is 1. The van der Waals surface area contributed by atoms with Crippen molar-refractivity contribution in [1.29, 1.82) is 0 Å². The van der Waals surface area contributed by atoms with Crippen molar-refractivity contribution in [2.45, 2.75) is 0 Å². The molecule has 2 nitrogen and oxygen atoms in total. The predicted octanol–water partition coefficient (Wildman–Crippen LogP) is 4.59. The second-order valence-corrected chi connectivity index (χ2v) is 4.95. The number of hydrogen-bond donors (Lipinski definition) is 0. The highest BCUT2D eigenvalue weighted by Gasteiger charge is 2.05. The van der Waals surface area contributed by atoms with Gasteiger partial charge in [-0.25, -0.2) is 9.97 Å². The molecule has 0 saturated carbocycles. The summed E-state index contributed by atoms with van der Waals surface area (Å²) in [7, 11) is 0. The quantitative estimate of drug-likeness (QED) is 0.343. The maximum absolute atomic E-state index is 6.02. The van der Waals surface area contributed by atoms with Crippen LogP contribution in [0.5, 0.6) is 0 Å². The third-order valence-corrected chi connectivity index (χ3v) is 3.53. The fourth-order valence-corrected chi connectivity index (χ4v) is 2.55. The van der Waals surface area contributed by atoms with E-state index >= 15 is 0 Å². The molecule has 0 spiro atoms. The fourth-order valence-electron chi connectivity index (χ4n) is 2.38. The molecule has 0 amide bonds. The molecule has 0 radical (unpaired) electrons. The Bertz CT molecular complexity index is 931. The summed E-state index contributed by atoms with van der Waals surface area (Å²) < 4.78 is 0. The van der Waals surface area contributed by atoms with Crippen LogP contribution in [-0.2, 0) is 0 Å². The van der Waals surface area contributed by atoms with E-state index in [0.29, 0.717) is 5.02 Å². The summed E-state index contributed by atoms with van der Waals surface area (Å²) >= 11 is 6.02. The largest absolute Gasteiger partial charge is 0.244 e. The number of aromatic nitrogens is 2. The summed E-state index contributed by atoms with van der Waals surface area (Å²) in [5.74, 6) is 0. The van der Waals surface area contributed by atoms with Crippen LogP contribution in [-0.4, -0.2) is 9.97 Å². The van der Waals surface area contributed by atoms with Gasteiger partial charge in [-0.05, 0) is 29.7 Å². The SMILES string of the molecule is Clc1ccc2nc3ccc4ccccc4c3nc2c1. The van der Waals surface area contributed by atoms with Crippen LogP contribution < -0.4 is 0 Å². The van der Waals surface area contributed by atoms with Crippen molar-refractivity contribution in [1.82, 2.24) is 9.97 Å². The van der Waals surface area contributed by atoms with Crippen LogP contribution in [0.15, 0.2) is 54.6 Å². The molecule has 1 heterocycles. The minimum absolute atomic E-state index is 0.682. The Balaban J connectivity index is 2.23. The summed E-state index contributed by atoms with van der Waals surface area (Å²) in [5.41, 5.74) is 3.53. The first-order chi connectivity index (χ1) is 9.31. The van der Waals surface area contributed by atoms with Crippen LogP contribution >= 0.6 is 11.6 Å². The van der Waals surface area contributed by atoms with Crippen molar-refractivity contribution < 1.29 is 0 Å². The van der Waals surface area contributed by atoms with E-state index in [-0.39, 0.29) is 0 Å². The van der Waals surface area contributed by atoms with Crippen LogP contribution in [0.2, 0.25) is 5.02 Å². The fraction of sp³-hybridized carbons (Fsp3) is 0. The summed E-state index contributed by atoms with van der Waals surface area (Å²) in [6.07, 6.45) is 0. The Morgan fingerprint density at radius 3 is 2.53 bits per heavy atom. The van der Waals surface area contributed by atoms with Gasteiger partial charge in [-0.1, -0.05) is 41.9 Å². The van der Waals surface area contributed by atoms with E-state index < -0.39 is 0 Å². The zero-order chi connectivity index (χ0) is 12.8. The zero-order valence-electron chi connectivity index (χ0n) is 9.97. The van der Waals surface area contributed by atoms with E-state index in [1.165, 1.54) is 5.39 Å². The first kappa shape index (κ1) is 10.7. The molecule has 4 aromatic rings. The third kappa shape index (κ3) is 1.65. The summed E-state index contributed by atoms with van der Waals surface area (Å²) in [6, 6.07) is 17.9.